The molecule has 0 aliphatic rings. The van der Waals surface area contributed by atoms with E-state index in [4.69, 9.17) is 23.2 Å². The van der Waals surface area contributed by atoms with Crippen LogP contribution in [0.5, 0.6) is 5.75 Å². The Bertz CT molecular complexity index is 616. The minimum absolute atomic E-state index is 0.00408. The van der Waals surface area contributed by atoms with Crippen LogP contribution in [-0.4, -0.2) is 38.7 Å². The molecular weight excluding hydrogens is 379 g/mol. The van der Waals surface area contributed by atoms with Crippen molar-refractivity contribution in [1.82, 2.24) is 10.6 Å². The molecule has 0 aliphatic carbocycles. The highest BCUT2D eigenvalue weighted by molar-refractivity contribution is 6.35. The van der Waals surface area contributed by atoms with Crippen LogP contribution in [0.3, 0.4) is 0 Å². The molecule has 0 aromatic heterocycles. The van der Waals surface area contributed by atoms with Crippen LogP contribution >= 0.6 is 23.2 Å². The molecule has 0 heterocycles. The molecule has 0 spiro atoms. The lowest BCUT2D eigenvalue weighted by atomic mass is 10.2. The molecule has 2 N–H and O–H groups in total. The van der Waals surface area contributed by atoms with E-state index in [1.807, 2.05) is 6.92 Å². The maximum Gasteiger partial charge on any atom is 0.387 e. The molecule has 0 unspecified atom stereocenters. The van der Waals surface area contributed by atoms with Gasteiger partial charge in [-0.05, 0) is 19.1 Å². The summed E-state index contributed by atoms with van der Waals surface area (Å²) in [5, 5.41) is 6.15. The largest absolute Gasteiger partial charge is 0.469 e. The molecule has 0 bridgehead atoms. The smallest absolute Gasteiger partial charge is 0.387 e. The van der Waals surface area contributed by atoms with E-state index >= 15 is 0 Å². The molecule has 10 heteroatoms. The number of carbonyl (C=O) groups is 1. The first-order valence-electron chi connectivity index (χ1n) is 7.39. The highest BCUT2D eigenvalue weighted by Gasteiger charge is 2.15. The van der Waals surface area contributed by atoms with Crippen LogP contribution in [0.25, 0.3) is 0 Å². The first-order chi connectivity index (χ1) is 11.9. The van der Waals surface area contributed by atoms with E-state index in [0.717, 1.165) is 0 Å². The molecule has 6 nitrogen and oxygen atoms in total. The Morgan fingerprint density at radius 3 is 2.64 bits per heavy atom. The average molecular weight is 398 g/mol. The van der Waals surface area contributed by atoms with Gasteiger partial charge < -0.3 is 20.1 Å². The summed E-state index contributed by atoms with van der Waals surface area (Å²) in [4.78, 5) is 15.4. The van der Waals surface area contributed by atoms with Crippen molar-refractivity contribution >= 4 is 35.1 Å². The van der Waals surface area contributed by atoms with Gasteiger partial charge in [-0.15, -0.1) is 0 Å². The van der Waals surface area contributed by atoms with Crippen molar-refractivity contribution in [3.05, 3.63) is 27.7 Å². The SMILES string of the molecule is CCNC(=NCc1cc(Cl)cc(Cl)c1OC(F)F)NCCC(=O)OC. The number of esters is 1. The van der Waals surface area contributed by atoms with Gasteiger partial charge in [0.2, 0.25) is 0 Å². The Kier molecular flexibility index (Phi) is 9.30. The van der Waals surface area contributed by atoms with E-state index in [9.17, 15) is 13.6 Å². The fraction of sp³-hybridized carbons (Fsp3) is 0.467. The number of ether oxygens (including phenoxy) is 2. The molecule has 0 saturated carbocycles. The van der Waals surface area contributed by atoms with Crippen LogP contribution in [0.1, 0.15) is 18.9 Å². The zero-order valence-electron chi connectivity index (χ0n) is 13.7. The van der Waals surface area contributed by atoms with Crippen molar-refractivity contribution < 1.29 is 23.0 Å². The van der Waals surface area contributed by atoms with Crippen molar-refractivity contribution in [3.8, 4) is 5.75 Å². The van der Waals surface area contributed by atoms with Crippen molar-refractivity contribution in [3.63, 3.8) is 0 Å². The second-order valence-corrected chi connectivity index (χ2v) is 5.55. The fourth-order valence-corrected chi connectivity index (χ4v) is 2.42. The molecule has 140 valence electrons. The summed E-state index contributed by atoms with van der Waals surface area (Å²) in [7, 11) is 1.30. The second-order valence-electron chi connectivity index (χ2n) is 4.70. The maximum atomic E-state index is 12.6. The standard InChI is InChI=1S/C15H19Cl2F2N3O3/c1-3-20-15(21-5-4-12(23)24-2)22-8-9-6-10(16)7-11(17)13(9)25-14(18)19/h6-7,14H,3-5,8H2,1-2H3,(H2,20,21,22). The molecule has 0 saturated heterocycles. The van der Waals surface area contributed by atoms with Crippen LogP contribution in [-0.2, 0) is 16.1 Å². The molecule has 1 rings (SSSR count). The van der Waals surface area contributed by atoms with Crippen LogP contribution in [0.4, 0.5) is 8.78 Å². The van der Waals surface area contributed by atoms with Gasteiger partial charge in [-0.25, -0.2) is 4.99 Å². The number of nitrogens with one attached hydrogen (secondary N) is 2. The van der Waals surface area contributed by atoms with Crippen LogP contribution in [0, 0.1) is 0 Å². The first kappa shape index (κ1) is 21.2. The summed E-state index contributed by atoms with van der Waals surface area (Å²) in [6.45, 7) is -0.293. The maximum absolute atomic E-state index is 12.6. The molecule has 0 aliphatic heterocycles. The highest BCUT2D eigenvalue weighted by Crippen LogP contribution is 2.34. The van der Waals surface area contributed by atoms with E-state index in [1.54, 1.807) is 0 Å². The van der Waals surface area contributed by atoms with Crippen molar-refractivity contribution in [1.29, 1.82) is 0 Å². The van der Waals surface area contributed by atoms with Gasteiger partial charge in [0.25, 0.3) is 0 Å². The number of nitrogens with zero attached hydrogens (tertiary/aromatic N) is 1. The van der Waals surface area contributed by atoms with E-state index in [-0.39, 0.29) is 34.7 Å². The molecule has 25 heavy (non-hydrogen) atoms. The number of alkyl halides is 2. The predicted molar refractivity (Wildman–Crippen MR) is 92.5 cm³/mol. The lowest BCUT2D eigenvalue weighted by Crippen LogP contribution is -2.38. The number of benzene rings is 1. The number of halogens is 4. The summed E-state index contributed by atoms with van der Waals surface area (Å²) in [6.07, 6.45) is 0.156. The summed E-state index contributed by atoms with van der Waals surface area (Å²) in [5.74, 6) is -0.140. The number of aliphatic imine (C=N–C) groups is 1. The molecule has 1 aromatic carbocycles. The van der Waals surface area contributed by atoms with E-state index in [2.05, 4.69) is 25.1 Å². The number of hydrogen-bond donors (Lipinski definition) is 2. The monoisotopic (exact) mass is 397 g/mol. The lowest BCUT2D eigenvalue weighted by Gasteiger charge is -2.14. The van der Waals surface area contributed by atoms with E-state index in [1.165, 1.54) is 19.2 Å². The molecular formula is C15H19Cl2F2N3O3. The van der Waals surface area contributed by atoms with Gasteiger partial charge in [-0.1, -0.05) is 23.2 Å². The van der Waals surface area contributed by atoms with Gasteiger partial charge in [0, 0.05) is 23.7 Å². The third kappa shape index (κ3) is 7.74. The van der Waals surface area contributed by atoms with E-state index < -0.39 is 6.61 Å². The normalized spacial score (nSPS) is 11.4. The van der Waals surface area contributed by atoms with Gasteiger partial charge in [-0.3, -0.25) is 4.79 Å². The average Bonchev–Trinajstić information content (AvgIpc) is 2.54. The van der Waals surface area contributed by atoms with E-state index in [0.29, 0.717) is 24.6 Å². The Morgan fingerprint density at radius 2 is 2.04 bits per heavy atom. The Balaban J connectivity index is 2.88. The Hall–Kier alpha value is -1.80. The van der Waals surface area contributed by atoms with Gasteiger partial charge in [-0.2, -0.15) is 8.78 Å². The third-order valence-corrected chi connectivity index (χ3v) is 3.39. The predicted octanol–water partition coefficient (Wildman–Crippen LogP) is 3.21. The number of guanidine groups is 1. The Labute approximate surface area is 154 Å². The Morgan fingerprint density at radius 1 is 1.32 bits per heavy atom. The first-order valence-corrected chi connectivity index (χ1v) is 8.14. The van der Waals surface area contributed by atoms with Crippen LogP contribution in [0.2, 0.25) is 10.0 Å². The number of rotatable bonds is 8. The molecule has 0 fully saturated rings. The quantitative estimate of drug-likeness (QED) is 0.400. The topological polar surface area (TPSA) is 72.0 Å². The highest BCUT2D eigenvalue weighted by atomic mass is 35.5. The molecule has 0 radical (unpaired) electrons. The van der Waals surface area contributed by atoms with Crippen molar-refractivity contribution in [2.24, 2.45) is 4.99 Å². The van der Waals surface area contributed by atoms with Gasteiger partial charge in [0.1, 0.15) is 5.75 Å². The summed E-state index contributed by atoms with van der Waals surface area (Å²) < 4.78 is 34.1. The van der Waals surface area contributed by atoms with Gasteiger partial charge in [0.05, 0.1) is 25.1 Å². The third-order valence-electron chi connectivity index (χ3n) is 2.89. The summed E-state index contributed by atoms with van der Waals surface area (Å²) in [5.41, 5.74) is 0.308. The van der Waals surface area contributed by atoms with Crippen LogP contribution < -0.4 is 15.4 Å². The molecule has 0 amide bonds. The number of methoxy groups -OCH3 is 1. The molecule has 1 aromatic rings. The fourth-order valence-electron chi connectivity index (χ4n) is 1.84. The van der Waals surface area contributed by atoms with Crippen molar-refractivity contribution in [2.45, 2.75) is 26.5 Å². The zero-order chi connectivity index (χ0) is 18.8. The number of carbonyl (C=O) groups excluding carboxylic acids is 1. The van der Waals surface area contributed by atoms with Crippen LogP contribution in [0.15, 0.2) is 17.1 Å². The minimum Gasteiger partial charge on any atom is -0.469 e. The van der Waals surface area contributed by atoms with Gasteiger partial charge in [0.15, 0.2) is 5.96 Å². The molecule has 0 atom stereocenters. The second kappa shape index (κ2) is 10.9. The zero-order valence-corrected chi connectivity index (χ0v) is 15.3. The lowest BCUT2D eigenvalue weighted by molar-refractivity contribution is -0.140. The number of hydrogen-bond acceptors (Lipinski definition) is 4. The van der Waals surface area contributed by atoms with Gasteiger partial charge >= 0.3 is 12.6 Å². The minimum atomic E-state index is -3.02. The summed E-state index contributed by atoms with van der Waals surface area (Å²) in [6, 6.07) is 2.76. The summed E-state index contributed by atoms with van der Waals surface area (Å²) >= 11 is 11.8. The van der Waals surface area contributed by atoms with Crippen molar-refractivity contribution in [2.75, 3.05) is 20.2 Å².